The van der Waals surface area contributed by atoms with Gasteiger partial charge in [0.25, 0.3) is 0 Å². The molecule has 47 heavy (non-hydrogen) atoms. The number of benzene rings is 4. The molecule has 7 rings (SSSR count). The van der Waals surface area contributed by atoms with Crippen LogP contribution < -0.4 is 4.40 Å². The Balaban J connectivity index is 0.000000249. The number of rotatable bonds is 5. The molecule has 4 aromatic carbocycles. The van der Waals surface area contributed by atoms with Gasteiger partial charge in [0.1, 0.15) is 5.58 Å². The summed E-state index contributed by atoms with van der Waals surface area (Å²) in [4.78, 5) is 8.95. The van der Waals surface area contributed by atoms with Crippen molar-refractivity contribution in [2.24, 2.45) is 0 Å². The fraction of sp³-hybridized carbons (Fsp3) is 0.171. The first-order chi connectivity index (χ1) is 23.6. The molecule has 0 aliphatic heterocycles. The van der Waals surface area contributed by atoms with E-state index in [1.807, 2.05) is 42.6 Å². The SMILES string of the molecule is [2H]C([2H])([2H])c1cccc(-c2ccc3c(c2)oc2c(-c4cc(C([2H])(C)C)ccn4)[c-]cc(F)c23)c1.[CH3][Ge]([CH3])([CH3])[c]1ccc(-c2[c-]cccc2)nc1.[Ir]. The Morgan fingerprint density at radius 1 is 0.872 bits per heavy atom. The van der Waals surface area contributed by atoms with Gasteiger partial charge in [0.15, 0.2) is 0 Å². The fourth-order valence-corrected chi connectivity index (χ4v) is 7.45. The molecule has 3 nitrogen and oxygen atoms in total. The second-order valence-corrected chi connectivity index (χ2v) is 23.2. The Morgan fingerprint density at radius 2 is 1.70 bits per heavy atom. The van der Waals surface area contributed by atoms with E-state index in [4.69, 9.17) is 9.90 Å². The van der Waals surface area contributed by atoms with Gasteiger partial charge in [0.2, 0.25) is 0 Å². The molecule has 0 spiro atoms. The van der Waals surface area contributed by atoms with Crippen molar-refractivity contribution < 1.29 is 34.4 Å². The maximum atomic E-state index is 14.9. The van der Waals surface area contributed by atoms with Crippen molar-refractivity contribution in [3.05, 3.63) is 139 Å². The van der Waals surface area contributed by atoms with Crippen molar-refractivity contribution in [3.63, 3.8) is 0 Å². The summed E-state index contributed by atoms with van der Waals surface area (Å²) in [5.41, 5.74) is 6.47. The van der Waals surface area contributed by atoms with Gasteiger partial charge in [0, 0.05) is 43.0 Å². The third-order valence-corrected chi connectivity index (χ3v) is 12.2. The molecular formula is C41H37FGeIrN2O-2. The Kier molecular flexibility index (Phi) is 9.01. The number of hydrogen-bond acceptors (Lipinski definition) is 3. The van der Waals surface area contributed by atoms with Gasteiger partial charge < -0.3 is 9.40 Å². The molecule has 7 aromatic rings. The Labute approximate surface area is 298 Å². The topological polar surface area (TPSA) is 38.9 Å². The minimum atomic E-state index is -2.21. The second kappa shape index (κ2) is 14.5. The monoisotopic (exact) mass is 863 g/mol. The largest absolute Gasteiger partial charge is 0 e. The minimum absolute atomic E-state index is 0. The van der Waals surface area contributed by atoms with Gasteiger partial charge >= 0.3 is 99.8 Å². The minimum Gasteiger partial charge on any atom is 0 e. The van der Waals surface area contributed by atoms with Gasteiger partial charge in [-0.3, -0.25) is 4.39 Å². The summed E-state index contributed by atoms with van der Waals surface area (Å²) < 4.78 is 53.8. The van der Waals surface area contributed by atoms with E-state index in [1.165, 1.54) is 10.5 Å². The number of halogens is 1. The summed E-state index contributed by atoms with van der Waals surface area (Å²) in [5, 5.41) is 0.944. The average molecular weight is 862 g/mol. The summed E-state index contributed by atoms with van der Waals surface area (Å²) in [7, 11) is 0. The van der Waals surface area contributed by atoms with E-state index in [2.05, 4.69) is 51.5 Å². The van der Waals surface area contributed by atoms with Crippen molar-refractivity contribution in [2.45, 2.75) is 43.9 Å². The van der Waals surface area contributed by atoms with Crippen LogP contribution in [-0.2, 0) is 20.1 Å². The van der Waals surface area contributed by atoms with Crippen LogP contribution in [0.4, 0.5) is 4.39 Å². The fourth-order valence-electron chi connectivity index (χ4n) is 5.28. The molecule has 3 aromatic heterocycles. The van der Waals surface area contributed by atoms with Gasteiger partial charge in [-0.25, -0.2) is 0 Å². The third kappa shape index (κ3) is 7.65. The standard InChI is InChI=1S/C27H21FNO.C14H16GeN.Ir/c1-16(2)18-11-12-29-24(14-18)21-9-10-23(28)26-22-8-7-20(15-25(22)30-27(21)26)19-6-4-5-17(3)13-19;1-15(2,3)13-9-10-14(16-11-13)12-7-5-4-6-8-12;/h4-8,10-16H,1-3H3;4-7,9-11H,1-3H3;/q2*-1;/i3D3,16D;;. The number of aromatic nitrogens is 2. The number of pyridine rings is 2. The molecule has 0 amide bonds. The molecule has 0 saturated heterocycles. The summed E-state index contributed by atoms with van der Waals surface area (Å²) >= 11 is -1.72. The molecule has 0 unspecified atom stereocenters. The van der Waals surface area contributed by atoms with Gasteiger partial charge in [-0.1, -0.05) is 73.0 Å². The predicted molar refractivity (Wildman–Crippen MR) is 191 cm³/mol. The molecule has 0 bridgehead atoms. The molecule has 0 atom stereocenters. The van der Waals surface area contributed by atoms with Crippen molar-refractivity contribution in [1.29, 1.82) is 0 Å². The molecule has 0 fully saturated rings. The normalized spacial score (nSPS) is 13.1. The van der Waals surface area contributed by atoms with Gasteiger partial charge in [0.05, 0.1) is 5.58 Å². The van der Waals surface area contributed by atoms with E-state index >= 15 is 0 Å². The summed E-state index contributed by atoms with van der Waals surface area (Å²) in [6.45, 7) is 1.38. The van der Waals surface area contributed by atoms with Gasteiger partial charge in [-0.2, -0.15) is 0 Å². The van der Waals surface area contributed by atoms with E-state index in [-0.39, 0.29) is 25.7 Å². The van der Waals surface area contributed by atoms with E-state index in [1.54, 1.807) is 62.5 Å². The third-order valence-electron chi connectivity index (χ3n) is 7.90. The Morgan fingerprint density at radius 3 is 2.40 bits per heavy atom. The molecule has 239 valence electrons. The summed E-state index contributed by atoms with van der Waals surface area (Å²) in [6.07, 6.45) is 3.67. The molecule has 0 aliphatic carbocycles. The molecule has 0 aliphatic rings. The van der Waals surface area contributed by atoms with E-state index in [0.717, 1.165) is 27.9 Å². The maximum Gasteiger partial charge on any atom is 0 e. The van der Waals surface area contributed by atoms with Crippen LogP contribution in [0.2, 0.25) is 17.3 Å². The number of aryl methyl sites for hydroxylation is 1. The number of nitrogens with zero attached hydrogens (tertiary/aromatic N) is 2. The van der Waals surface area contributed by atoms with Crippen molar-refractivity contribution in [1.82, 2.24) is 9.97 Å². The van der Waals surface area contributed by atoms with E-state index in [9.17, 15) is 4.39 Å². The van der Waals surface area contributed by atoms with Gasteiger partial charge in [-0.05, 0) is 47.1 Å². The predicted octanol–water partition coefficient (Wildman–Crippen LogP) is 10.8. The average Bonchev–Trinajstić information content (AvgIpc) is 3.48. The number of furan rings is 1. The van der Waals surface area contributed by atoms with Crippen molar-refractivity contribution in [2.75, 3.05) is 0 Å². The van der Waals surface area contributed by atoms with E-state index < -0.39 is 31.8 Å². The molecule has 3 heterocycles. The molecular weight excluding hydrogens is 820 g/mol. The number of hydrogen-bond donors (Lipinski definition) is 0. The zero-order valence-corrected chi connectivity index (χ0v) is 31.4. The summed E-state index contributed by atoms with van der Waals surface area (Å²) in [6, 6.07) is 35.4. The molecule has 1 radical (unpaired) electrons. The van der Waals surface area contributed by atoms with Crippen LogP contribution in [0.3, 0.4) is 0 Å². The Bertz CT molecular complexity index is 2300. The van der Waals surface area contributed by atoms with Crippen LogP contribution in [0.1, 0.15) is 36.4 Å². The first-order valence-corrected chi connectivity index (χ1v) is 22.5. The van der Waals surface area contributed by atoms with Crippen LogP contribution in [0.5, 0.6) is 0 Å². The van der Waals surface area contributed by atoms with Crippen LogP contribution in [0.25, 0.3) is 55.6 Å². The molecule has 0 N–H and O–H groups in total. The van der Waals surface area contributed by atoms with Crippen molar-refractivity contribution in [3.8, 4) is 33.6 Å². The van der Waals surface area contributed by atoms with Crippen molar-refractivity contribution >= 4 is 39.6 Å². The van der Waals surface area contributed by atoms with Crippen LogP contribution in [-0.4, -0.2) is 23.2 Å². The smallest absolute Gasteiger partial charge is 0 e. The summed E-state index contributed by atoms with van der Waals surface area (Å²) in [5.74, 6) is 5.87. The first kappa shape index (κ1) is 29.3. The Hall–Kier alpha value is -3.90. The zero-order chi connectivity index (χ0) is 35.8. The van der Waals surface area contributed by atoms with Crippen LogP contribution in [0, 0.1) is 24.8 Å². The first-order valence-electron chi connectivity index (χ1n) is 17.2. The molecule has 6 heteroatoms. The quantitative estimate of drug-likeness (QED) is 0.128. The van der Waals surface area contributed by atoms with Crippen LogP contribution in [0.15, 0.2) is 114 Å². The van der Waals surface area contributed by atoms with Crippen LogP contribution >= 0.6 is 0 Å². The maximum absolute atomic E-state index is 14.9. The number of fused-ring (bicyclic) bond motifs is 3. The van der Waals surface area contributed by atoms with E-state index in [0.29, 0.717) is 33.2 Å². The van der Waals surface area contributed by atoms with Gasteiger partial charge in [-0.15, -0.1) is 12.1 Å². The molecule has 0 saturated carbocycles. The zero-order valence-electron chi connectivity index (χ0n) is 30.9. The second-order valence-electron chi connectivity index (χ2n) is 12.5.